The van der Waals surface area contributed by atoms with Gasteiger partial charge in [-0.05, 0) is 19.1 Å². The van der Waals surface area contributed by atoms with E-state index in [0.29, 0.717) is 25.6 Å². The summed E-state index contributed by atoms with van der Waals surface area (Å²) in [6, 6.07) is 15.9. The number of nitrogens with zero attached hydrogens (tertiary/aromatic N) is 3. The molecular weight excluding hydrogens is 380 g/mol. The summed E-state index contributed by atoms with van der Waals surface area (Å²) in [6.07, 6.45) is 0. The first-order valence-corrected chi connectivity index (χ1v) is 10.4. The number of rotatable bonds is 4. The number of benzene rings is 2. The number of amides is 1. The molecule has 2 aromatic rings. The number of carbonyl (C=O) groups is 1. The standard InChI is InChI=1S/C23H26N4O3/c1-23(22(28)24-21(25-23)17-6-3-2-4-7-17)16-26-10-12-27(13-11-26)18-8-5-9-19-20(18)30-15-14-29-19/h2-9H,10-16H2,1H3,(H,24,25,28). The topological polar surface area (TPSA) is 66.4 Å². The van der Waals surface area contributed by atoms with Gasteiger partial charge in [-0.1, -0.05) is 36.4 Å². The van der Waals surface area contributed by atoms with Crippen molar-refractivity contribution in [1.82, 2.24) is 10.2 Å². The second kappa shape index (κ2) is 7.65. The van der Waals surface area contributed by atoms with Crippen molar-refractivity contribution in [3.63, 3.8) is 0 Å². The third-order valence-corrected chi connectivity index (χ3v) is 5.92. The largest absolute Gasteiger partial charge is 0.486 e. The molecule has 0 bridgehead atoms. The van der Waals surface area contributed by atoms with Gasteiger partial charge in [0, 0.05) is 38.3 Å². The lowest BCUT2D eigenvalue weighted by Crippen LogP contribution is -2.53. The number of fused-ring (bicyclic) bond motifs is 1. The molecule has 1 unspecified atom stereocenters. The second-order valence-electron chi connectivity index (χ2n) is 8.12. The number of carbonyl (C=O) groups excluding carboxylic acids is 1. The molecule has 3 heterocycles. The molecule has 1 saturated heterocycles. The molecule has 3 aliphatic rings. The molecule has 0 aliphatic carbocycles. The van der Waals surface area contributed by atoms with E-state index < -0.39 is 5.54 Å². The minimum absolute atomic E-state index is 0.0357. The minimum Gasteiger partial charge on any atom is -0.486 e. The molecule has 0 spiro atoms. The van der Waals surface area contributed by atoms with E-state index in [-0.39, 0.29) is 5.91 Å². The number of hydrogen-bond acceptors (Lipinski definition) is 6. The molecule has 2 aromatic carbocycles. The molecule has 1 fully saturated rings. The fraction of sp³-hybridized carbons (Fsp3) is 0.391. The normalized spacial score (nSPS) is 23.8. The van der Waals surface area contributed by atoms with Gasteiger partial charge in [-0.15, -0.1) is 0 Å². The van der Waals surface area contributed by atoms with Gasteiger partial charge in [-0.3, -0.25) is 9.69 Å². The number of nitrogens with one attached hydrogen (secondary N) is 1. The maximum absolute atomic E-state index is 12.7. The summed E-state index contributed by atoms with van der Waals surface area (Å²) in [5, 5.41) is 2.96. The number of para-hydroxylation sites is 1. The number of amidine groups is 1. The molecule has 1 atom stereocenters. The van der Waals surface area contributed by atoms with Gasteiger partial charge in [0.25, 0.3) is 5.91 Å². The van der Waals surface area contributed by atoms with Crippen molar-refractivity contribution in [1.29, 1.82) is 0 Å². The van der Waals surface area contributed by atoms with Crippen LogP contribution in [0.2, 0.25) is 0 Å². The first-order valence-electron chi connectivity index (χ1n) is 10.4. The van der Waals surface area contributed by atoms with Crippen LogP contribution in [-0.2, 0) is 4.79 Å². The van der Waals surface area contributed by atoms with Crippen LogP contribution in [0.3, 0.4) is 0 Å². The van der Waals surface area contributed by atoms with Crippen molar-refractivity contribution in [2.75, 3.05) is 50.8 Å². The third kappa shape index (κ3) is 3.50. The fourth-order valence-electron chi connectivity index (χ4n) is 4.30. The van der Waals surface area contributed by atoms with Gasteiger partial charge >= 0.3 is 0 Å². The van der Waals surface area contributed by atoms with E-state index in [0.717, 1.165) is 48.9 Å². The maximum Gasteiger partial charge on any atom is 0.254 e. The second-order valence-corrected chi connectivity index (χ2v) is 8.12. The Kier molecular flexibility index (Phi) is 4.83. The van der Waals surface area contributed by atoms with E-state index in [1.165, 1.54) is 0 Å². The zero-order valence-electron chi connectivity index (χ0n) is 17.1. The lowest BCUT2D eigenvalue weighted by atomic mass is 10.0. The number of ether oxygens (including phenoxy) is 2. The number of piperazine rings is 1. The quantitative estimate of drug-likeness (QED) is 0.840. The van der Waals surface area contributed by atoms with Gasteiger partial charge in [0.1, 0.15) is 19.0 Å². The molecule has 7 nitrogen and oxygen atoms in total. The highest BCUT2D eigenvalue weighted by Crippen LogP contribution is 2.39. The first-order chi connectivity index (χ1) is 14.6. The average Bonchev–Trinajstić information content (AvgIpc) is 3.08. The number of hydrogen-bond donors (Lipinski definition) is 1. The van der Waals surface area contributed by atoms with E-state index in [1.807, 2.05) is 49.4 Å². The molecule has 30 heavy (non-hydrogen) atoms. The molecular formula is C23H26N4O3. The van der Waals surface area contributed by atoms with E-state index in [2.05, 4.69) is 21.2 Å². The van der Waals surface area contributed by atoms with Crippen LogP contribution in [0, 0.1) is 0 Å². The van der Waals surface area contributed by atoms with Crippen LogP contribution < -0.4 is 19.7 Å². The Labute approximate surface area is 176 Å². The van der Waals surface area contributed by atoms with Crippen LogP contribution in [0.5, 0.6) is 11.5 Å². The van der Waals surface area contributed by atoms with E-state index in [4.69, 9.17) is 14.5 Å². The van der Waals surface area contributed by atoms with Crippen LogP contribution in [-0.4, -0.2) is 68.1 Å². The number of anilines is 1. The van der Waals surface area contributed by atoms with Gasteiger partial charge in [0.2, 0.25) is 0 Å². The summed E-state index contributed by atoms with van der Waals surface area (Å²) >= 11 is 0. The molecule has 5 rings (SSSR count). The average molecular weight is 406 g/mol. The first kappa shape index (κ1) is 18.9. The highest BCUT2D eigenvalue weighted by atomic mass is 16.6. The van der Waals surface area contributed by atoms with Crippen molar-refractivity contribution in [3.8, 4) is 11.5 Å². The zero-order chi connectivity index (χ0) is 20.6. The smallest absolute Gasteiger partial charge is 0.254 e. The fourth-order valence-corrected chi connectivity index (χ4v) is 4.30. The molecule has 156 valence electrons. The number of aliphatic imine (C=N–C) groups is 1. The van der Waals surface area contributed by atoms with Crippen molar-refractivity contribution in [3.05, 3.63) is 54.1 Å². The van der Waals surface area contributed by atoms with Gasteiger partial charge < -0.3 is 19.7 Å². The monoisotopic (exact) mass is 406 g/mol. The van der Waals surface area contributed by atoms with Crippen LogP contribution in [0.25, 0.3) is 0 Å². The van der Waals surface area contributed by atoms with Crippen LogP contribution in [0.15, 0.2) is 53.5 Å². The lowest BCUT2D eigenvalue weighted by Gasteiger charge is -2.39. The summed E-state index contributed by atoms with van der Waals surface area (Å²) in [4.78, 5) is 22.1. The zero-order valence-corrected chi connectivity index (χ0v) is 17.1. The predicted molar refractivity (Wildman–Crippen MR) is 116 cm³/mol. The summed E-state index contributed by atoms with van der Waals surface area (Å²) in [7, 11) is 0. The Balaban J connectivity index is 1.26. The third-order valence-electron chi connectivity index (χ3n) is 5.92. The Morgan fingerprint density at radius 3 is 2.57 bits per heavy atom. The van der Waals surface area contributed by atoms with Gasteiger partial charge in [-0.2, -0.15) is 0 Å². The molecule has 1 N–H and O–H groups in total. The summed E-state index contributed by atoms with van der Waals surface area (Å²) < 4.78 is 11.6. The van der Waals surface area contributed by atoms with Gasteiger partial charge in [0.15, 0.2) is 17.0 Å². The molecule has 0 radical (unpaired) electrons. The molecule has 3 aliphatic heterocycles. The van der Waals surface area contributed by atoms with E-state index >= 15 is 0 Å². The van der Waals surface area contributed by atoms with Crippen LogP contribution in [0.4, 0.5) is 5.69 Å². The summed E-state index contributed by atoms with van der Waals surface area (Å²) in [5.74, 6) is 2.29. The summed E-state index contributed by atoms with van der Waals surface area (Å²) in [6.45, 7) is 7.17. The van der Waals surface area contributed by atoms with Gasteiger partial charge in [0.05, 0.1) is 5.69 Å². The van der Waals surface area contributed by atoms with Gasteiger partial charge in [-0.25, -0.2) is 4.99 Å². The SMILES string of the molecule is CC1(CN2CCN(c3cccc4c3OCCO4)CC2)N=C(c2ccccc2)NC1=O. The van der Waals surface area contributed by atoms with Crippen molar-refractivity contribution < 1.29 is 14.3 Å². The van der Waals surface area contributed by atoms with Crippen LogP contribution in [0.1, 0.15) is 12.5 Å². The van der Waals surface area contributed by atoms with Crippen molar-refractivity contribution >= 4 is 17.4 Å². The molecule has 0 aromatic heterocycles. The van der Waals surface area contributed by atoms with Crippen molar-refractivity contribution in [2.24, 2.45) is 4.99 Å². The highest BCUT2D eigenvalue weighted by molar-refractivity contribution is 6.15. The molecule has 1 amide bonds. The van der Waals surface area contributed by atoms with E-state index in [1.54, 1.807) is 0 Å². The Bertz CT molecular complexity index is 970. The van der Waals surface area contributed by atoms with Crippen molar-refractivity contribution in [2.45, 2.75) is 12.5 Å². The Morgan fingerprint density at radius 1 is 1.00 bits per heavy atom. The maximum atomic E-state index is 12.7. The van der Waals surface area contributed by atoms with E-state index in [9.17, 15) is 4.79 Å². The highest BCUT2D eigenvalue weighted by Gasteiger charge is 2.41. The van der Waals surface area contributed by atoms with Crippen LogP contribution >= 0.6 is 0 Å². The minimum atomic E-state index is -0.768. The predicted octanol–water partition coefficient (Wildman–Crippen LogP) is 1.92. The Morgan fingerprint density at radius 2 is 1.77 bits per heavy atom. The molecule has 7 heteroatoms. The lowest BCUT2D eigenvalue weighted by molar-refractivity contribution is -0.123. The summed E-state index contributed by atoms with van der Waals surface area (Å²) in [5.41, 5.74) is 1.26. The molecule has 0 saturated carbocycles. The Hall–Kier alpha value is -3.06.